The van der Waals surface area contributed by atoms with E-state index in [-0.39, 0.29) is 17.9 Å². The predicted molar refractivity (Wildman–Crippen MR) is 70.6 cm³/mol. The summed E-state index contributed by atoms with van der Waals surface area (Å²) in [7, 11) is 0. The first kappa shape index (κ1) is 14.1. The molecule has 1 amide bonds. The minimum Gasteiger partial charge on any atom is -0.339 e. The molecule has 0 unspecified atom stereocenters. The van der Waals surface area contributed by atoms with E-state index >= 15 is 0 Å². The van der Waals surface area contributed by atoms with Gasteiger partial charge in [0.2, 0.25) is 0 Å². The number of hydrogen-bond acceptors (Lipinski definition) is 4. The number of aliphatic imine (C=N–C) groups is 1. The summed E-state index contributed by atoms with van der Waals surface area (Å²) in [6, 6.07) is 0. The molecule has 1 rings (SSSR count). The first-order valence-electron chi connectivity index (χ1n) is 5.27. The Morgan fingerprint density at radius 1 is 1.58 bits per heavy atom. The van der Waals surface area contributed by atoms with Crippen molar-refractivity contribution in [1.29, 1.82) is 0 Å². The van der Waals surface area contributed by atoms with E-state index in [2.05, 4.69) is 20.1 Å². The van der Waals surface area contributed by atoms with Gasteiger partial charge in [-0.1, -0.05) is 0 Å². The van der Waals surface area contributed by atoms with Crippen molar-refractivity contribution in [2.75, 3.05) is 6.54 Å². The van der Waals surface area contributed by atoms with E-state index in [0.29, 0.717) is 0 Å². The summed E-state index contributed by atoms with van der Waals surface area (Å²) in [5.74, 6) is -0.485. The molecule has 0 aliphatic heterocycles. The molecule has 1 heterocycles. The summed E-state index contributed by atoms with van der Waals surface area (Å²) in [6.07, 6.45) is 4.16. The second-order valence-electron chi connectivity index (χ2n) is 3.33. The number of rotatable bonds is 4. The number of aromatic amines is 2. The van der Waals surface area contributed by atoms with Crippen molar-refractivity contribution in [3.63, 3.8) is 0 Å². The Bertz CT molecular complexity index is 675. The second kappa shape index (κ2) is 6.70. The van der Waals surface area contributed by atoms with Gasteiger partial charge in [-0.3, -0.25) is 14.6 Å². The van der Waals surface area contributed by atoms with Crippen molar-refractivity contribution in [3.05, 3.63) is 49.7 Å². The van der Waals surface area contributed by atoms with Gasteiger partial charge >= 0.3 is 11.5 Å². The first-order valence-corrected chi connectivity index (χ1v) is 5.27. The Hall–Kier alpha value is -2.95. The van der Waals surface area contributed by atoms with Gasteiger partial charge in [0, 0.05) is 6.20 Å². The molecule has 0 aromatic carbocycles. The maximum atomic E-state index is 11.7. The van der Waals surface area contributed by atoms with Crippen molar-refractivity contribution in [2.45, 2.75) is 6.92 Å². The summed E-state index contributed by atoms with van der Waals surface area (Å²) in [5, 5.41) is 2.40. The van der Waals surface area contributed by atoms with Crippen molar-refractivity contribution in [2.24, 2.45) is 4.99 Å². The number of nitrogens with zero attached hydrogens (tertiary/aromatic N) is 2. The van der Waals surface area contributed by atoms with Crippen LogP contribution in [0, 0.1) is 6.57 Å². The summed E-state index contributed by atoms with van der Waals surface area (Å²) >= 11 is 0. The molecule has 0 radical (unpaired) electrons. The molecule has 1 aromatic heterocycles. The lowest BCUT2D eigenvalue weighted by atomic mass is 10.3. The van der Waals surface area contributed by atoms with Gasteiger partial charge in [-0.05, 0) is 18.0 Å². The third-order valence-electron chi connectivity index (χ3n) is 1.99. The summed E-state index contributed by atoms with van der Waals surface area (Å²) in [5.41, 5.74) is -1.69. The van der Waals surface area contributed by atoms with Gasteiger partial charge in [0.1, 0.15) is 24.9 Å². The van der Waals surface area contributed by atoms with Gasteiger partial charge in [0.05, 0.1) is 0 Å². The van der Waals surface area contributed by atoms with E-state index in [4.69, 9.17) is 6.57 Å². The van der Waals surface area contributed by atoms with E-state index in [9.17, 15) is 14.4 Å². The fraction of sp³-hybridized carbons (Fsp3) is 0.182. The smallest absolute Gasteiger partial charge is 0.339 e. The molecule has 3 N–H and O–H groups in total. The van der Waals surface area contributed by atoms with Crippen molar-refractivity contribution >= 4 is 11.7 Å². The molecule has 0 aliphatic carbocycles. The SMILES string of the molecule is C#[N+]C(CNC(=O)c1c[nH]c(=O)[nH]c1=O)=N/C=C\C. The molecular weight excluding hydrogens is 250 g/mol. The Labute approximate surface area is 107 Å². The molecule has 1 aromatic rings. The molecule has 19 heavy (non-hydrogen) atoms. The first-order chi connectivity index (χ1) is 9.08. The topological polar surface area (TPSA) is 112 Å². The lowest BCUT2D eigenvalue weighted by Crippen LogP contribution is -2.35. The van der Waals surface area contributed by atoms with Crippen LogP contribution in [-0.2, 0) is 0 Å². The highest BCUT2D eigenvalue weighted by Gasteiger charge is 2.14. The highest BCUT2D eigenvalue weighted by molar-refractivity contribution is 6.00. The Morgan fingerprint density at radius 3 is 2.89 bits per heavy atom. The fourth-order valence-electron chi connectivity index (χ4n) is 1.12. The number of H-pyrrole nitrogens is 2. The standard InChI is InChI=1S/C11H11N5O3/c1-3-4-13-8(12-2)6-14-9(17)7-5-15-11(19)16-10(7)18/h2-5H,6H2,1H3,(H2-,14,15,16,17,18,19)/p+1/b4-3-,13-8?. The van der Waals surface area contributed by atoms with Crippen LogP contribution in [0.15, 0.2) is 33.1 Å². The number of carbonyl (C=O) groups is 1. The van der Waals surface area contributed by atoms with Crippen LogP contribution in [0.1, 0.15) is 17.3 Å². The van der Waals surface area contributed by atoms with Gasteiger partial charge in [0.25, 0.3) is 11.5 Å². The number of amidine groups is 1. The van der Waals surface area contributed by atoms with Crippen LogP contribution in [0.3, 0.4) is 0 Å². The zero-order valence-corrected chi connectivity index (χ0v) is 10.1. The third-order valence-corrected chi connectivity index (χ3v) is 1.99. The lowest BCUT2D eigenvalue weighted by Gasteiger charge is -1.98. The highest BCUT2D eigenvalue weighted by Crippen LogP contribution is 1.87. The predicted octanol–water partition coefficient (Wildman–Crippen LogP) is -0.312. The van der Waals surface area contributed by atoms with Crippen molar-refractivity contribution in [3.8, 4) is 6.57 Å². The number of allylic oxidation sites excluding steroid dienone is 1. The maximum Gasteiger partial charge on any atom is 0.419 e. The van der Waals surface area contributed by atoms with Crippen molar-refractivity contribution < 1.29 is 4.79 Å². The molecule has 0 bridgehead atoms. The van der Waals surface area contributed by atoms with Gasteiger partial charge in [0.15, 0.2) is 0 Å². The van der Waals surface area contributed by atoms with Crippen LogP contribution in [0.2, 0.25) is 0 Å². The molecule has 0 spiro atoms. The summed E-state index contributed by atoms with van der Waals surface area (Å²) < 4.78 is 0. The Morgan fingerprint density at radius 2 is 2.32 bits per heavy atom. The molecule has 0 atom stereocenters. The van der Waals surface area contributed by atoms with Crippen LogP contribution in [-0.4, -0.2) is 28.3 Å². The number of carbonyl (C=O) groups excluding carboxylic acids is 1. The number of aromatic nitrogens is 2. The number of amides is 1. The van der Waals surface area contributed by atoms with E-state index in [0.717, 1.165) is 6.20 Å². The molecule has 8 heteroatoms. The quantitative estimate of drug-likeness (QED) is 0.511. The Balaban J connectivity index is 2.79. The molecule has 0 saturated carbocycles. The van der Waals surface area contributed by atoms with Crippen LogP contribution < -0.4 is 16.6 Å². The van der Waals surface area contributed by atoms with E-state index in [1.807, 2.05) is 4.98 Å². The van der Waals surface area contributed by atoms with Crippen LogP contribution >= 0.6 is 0 Å². The van der Waals surface area contributed by atoms with Crippen LogP contribution in [0.5, 0.6) is 0 Å². The summed E-state index contributed by atoms with van der Waals surface area (Å²) in [4.78, 5) is 45.2. The number of hydrogen-bond donors (Lipinski definition) is 3. The highest BCUT2D eigenvalue weighted by atomic mass is 16.2. The average molecular weight is 262 g/mol. The molecule has 8 nitrogen and oxygen atoms in total. The lowest BCUT2D eigenvalue weighted by molar-refractivity contribution is 0.0957. The van der Waals surface area contributed by atoms with Crippen molar-refractivity contribution in [1.82, 2.24) is 15.3 Å². The molecular formula is C11H12N5O3+. The minimum absolute atomic E-state index is 0.0434. The van der Waals surface area contributed by atoms with Crippen LogP contribution in [0.4, 0.5) is 0 Å². The third kappa shape index (κ3) is 4.08. The largest absolute Gasteiger partial charge is 0.419 e. The fourth-order valence-corrected chi connectivity index (χ4v) is 1.12. The number of nitrogens with one attached hydrogen (secondary N) is 3. The minimum atomic E-state index is -0.780. The van der Waals surface area contributed by atoms with Gasteiger partial charge in [-0.25, -0.2) is 4.79 Å². The molecule has 0 fully saturated rings. The van der Waals surface area contributed by atoms with Gasteiger partial charge in [-0.15, -0.1) is 0 Å². The van der Waals surface area contributed by atoms with Gasteiger partial charge in [-0.2, -0.15) is 4.85 Å². The second-order valence-corrected chi connectivity index (χ2v) is 3.33. The maximum absolute atomic E-state index is 11.7. The monoisotopic (exact) mass is 262 g/mol. The molecule has 98 valence electrons. The zero-order chi connectivity index (χ0) is 14.3. The van der Waals surface area contributed by atoms with E-state index in [1.54, 1.807) is 13.0 Å². The van der Waals surface area contributed by atoms with E-state index in [1.165, 1.54) is 6.20 Å². The zero-order valence-electron chi connectivity index (χ0n) is 10.1. The van der Waals surface area contributed by atoms with Crippen LogP contribution in [0.25, 0.3) is 4.85 Å². The average Bonchev–Trinajstić information content (AvgIpc) is 2.38. The van der Waals surface area contributed by atoms with Gasteiger partial charge < -0.3 is 10.3 Å². The molecule has 0 aliphatic rings. The molecule has 0 saturated heterocycles. The normalized spacial score (nSPS) is 11.3. The summed E-state index contributed by atoms with van der Waals surface area (Å²) in [6.45, 7) is 6.80. The van der Waals surface area contributed by atoms with E-state index < -0.39 is 17.2 Å². The Kier molecular flexibility index (Phi) is 4.98.